The molecule has 2 N–H and O–H groups in total. The van der Waals surface area contributed by atoms with Crippen molar-refractivity contribution in [3.05, 3.63) is 54.5 Å². The minimum Gasteiger partial charge on any atom is -0.348 e. The number of pyridine rings is 1. The Hall–Kier alpha value is -3.02. The first-order chi connectivity index (χ1) is 12.8. The molecule has 3 aromatic rings. The summed E-state index contributed by atoms with van der Waals surface area (Å²) in [4.78, 5) is 25.5. The van der Waals surface area contributed by atoms with E-state index in [9.17, 15) is 4.79 Å². The number of fused-ring (bicyclic) bond motifs is 1. The molecule has 0 radical (unpaired) electrons. The Labute approximate surface area is 152 Å². The van der Waals surface area contributed by atoms with E-state index in [1.165, 1.54) is 19.3 Å². The van der Waals surface area contributed by atoms with E-state index >= 15 is 0 Å². The highest BCUT2D eigenvalue weighted by Crippen LogP contribution is 2.23. The van der Waals surface area contributed by atoms with Crippen molar-refractivity contribution in [2.24, 2.45) is 0 Å². The molecule has 0 unspecified atom stereocenters. The van der Waals surface area contributed by atoms with Gasteiger partial charge in [0, 0.05) is 23.8 Å². The SMILES string of the molecule is O=C(NC1CCCCC1)c1ccnc(Nc2cccc3cccnc23)n1. The van der Waals surface area contributed by atoms with Crippen molar-refractivity contribution in [2.75, 3.05) is 5.32 Å². The van der Waals surface area contributed by atoms with Crippen LogP contribution in [-0.4, -0.2) is 26.9 Å². The molecule has 0 saturated heterocycles. The fourth-order valence-corrected chi connectivity index (χ4v) is 3.38. The van der Waals surface area contributed by atoms with Crippen LogP contribution in [0.4, 0.5) is 11.6 Å². The summed E-state index contributed by atoms with van der Waals surface area (Å²) in [7, 11) is 0. The average Bonchev–Trinajstić information content (AvgIpc) is 2.69. The van der Waals surface area contributed by atoms with E-state index < -0.39 is 0 Å². The van der Waals surface area contributed by atoms with Crippen LogP contribution < -0.4 is 10.6 Å². The van der Waals surface area contributed by atoms with Gasteiger partial charge in [0.25, 0.3) is 5.91 Å². The number of nitrogens with zero attached hydrogens (tertiary/aromatic N) is 3. The van der Waals surface area contributed by atoms with Crippen molar-refractivity contribution in [2.45, 2.75) is 38.1 Å². The largest absolute Gasteiger partial charge is 0.348 e. The number of carbonyl (C=O) groups is 1. The maximum absolute atomic E-state index is 12.5. The van der Waals surface area contributed by atoms with Gasteiger partial charge < -0.3 is 10.6 Å². The lowest BCUT2D eigenvalue weighted by Gasteiger charge is -2.22. The lowest BCUT2D eigenvalue weighted by atomic mass is 9.95. The van der Waals surface area contributed by atoms with Gasteiger partial charge in [0.05, 0.1) is 11.2 Å². The minimum absolute atomic E-state index is 0.140. The molecule has 26 heavy (non-hydrogen) atoms. The molecular weight excluding hydrogens is 326 g/mol. The molecule has 0 atom stereocenters. The Morgan fingerprint density at radius 1 is 0.962 bits per heavy atom. The van der Waals surface area contributed by atoms with Gasteiger partial charge in [0.15, 0.2) is 0 Å². The molecule has 1 amide bonds. The molecule has 1 aromatic carbocycles. The number of aromatic nitrogens is 3. The zero-order chi connectivity index (χ0) is 17.8. The fraction of sp³-hybridized carbons (Fsp3) is 0.300. The van der Waals surface area contributed by atoms with Gasteiger partial charge in [-0.25, -0.2) is 9.97 Å². The van der Waals surface area contributed by atoms with Crippen molar-refractivity contribution in [3.63, 3.8) is 0 Å². The molecule has 1 saturated carbocycles. The second kappa shape index (κ2) is 7.47. The summed E-state index contributed by atoms with van der Waals surface area (Å²) < 4.78 is 0. The standard InChI is InChI=1S/C20H21N5O/c26-19(23-15-8-2-1-3-9-15)17-11-13-22-20(25-17)24-16-10-4-6-14-7-5-12-21-18(14)16/h4-7,10-13,15H,1-3,8-9H2,(H,23,26)(H,22,24,25). The third-order valence-corrected chi connectivity index (χ3v) is 4.71. The summed E-state index contributed by atoms with van der Waals surface area (Å²) >= 11 is 0. The molecular formula is C20H21N5O. The second-order valence-corrected chi connectivity index (χ2v) is 6.58. The van der Waals surface area contributed by atoms with E-state index in [1.54, 1.807) is 18.5 Å². The summed E-state index contributed by atoms with van der Waals surface area (Å²) in [6.45, 7) is 0. The van der Waals surface area contributed by atoms with Crippen LogP contribution in [0.2, 0.25) is 0 Å². The number of rotatable bonds is 4. The lowest BCUT2D eigenvalue weighted by molar-refractivity contribution is 0.0922. The van der Waals surface area contributed by atoms with Crippen molar-refractivity contribution < 1.29 is 4.79 Å². The zero-order valence-electron chi connectivity index (χ0n) is 14.5. The van der Waals surface area contributed by atoms with Crippen molar-refractivity contribution >= 4 is 28.4 Å². The van der Waals surface area contributed by atoms with Gasteiger partial charge in [-0.15, -0.1) is 0 Å². The summed E-state index contributed by atoms with van der Waals surface area (Å²) in [5.41, 5.74) is 2.03. The molecule has 6 nitrogen and oxygen atoms in total. The number of amides is 1. The van der Waals surface area contributed by atoms with Crippen LogP contribution in [0, 0.1) is 0 Å². The van der Waals surface area contributed by atoms with Gasteiger partial charge in [0.1, 0.15) is 5.69 Å². The summed E-state index contributed by atoms with van der Waals surface area (Å²) in [6, 6.07) is 11.7. The minimum atomic E-state index is -0.140. The Morgan fingerprint density at radius 2 is 1.81 bits per heavy atom. The molecule has 0 aliphatic heterocycles. The first-order valence-corrected chi connectivity index (χ1v) is 9.04. The highest BCUT2D eigenvalue weighted by molar-refractivity contribution is 5.93. The molecule has 1 fully saturated rings. The third-order valence-electron chi connectivity index (χ3n) is 4.71. The quantitative estimate of drug-likeness (QED) is 0.750. The number of benzene rings is 1. The van der Waals surface area contributed by atoms with Crippen LogP contribution in [0.1, 0.15) is 42.6 Å². The first-order valence-electron chi connectivity index (χ1n) is 9.04. The average molecular weight is 347 g/mol. The highest BCUT2D eigenvalue weighted by Gasteiger charge is 2.17. The number of nitrogens with one attached hydrogen (secondary N) is 2. The van der Waals surface area contributed by atoms with Gasteiger partial charge in [-0.05, 0) is 31.0 Å². The van der Waals surface area contributed by atoms with Gasteiger partial charge in [-0.2, -0.15) is 0 Å². The van der Waals surface area contributed by atoms with E-state index in [2.05, 4.69) is 25.6 Å². The second-order valence-electron chi connectivity index (χ2n) is 6.58. The van der Waals surface area contributed by atoms with Crippen LogP contribution in [0.15, 0.2) is 48.8 Å². The van der Waals surface area contributed by atoms with Crippen molar-refractivity contribution in [1.29, 1.82) is 0 Å². The molecule has 132 valence electrons. The Balaban J connectivity index is 1.52. The molecule has 0 spiro atoms. The van der Waals surface area contributed by atoms with Crippen molar-refractivity contribution in [3.8, 4) is 0 Å². The summed E-state index contributed by atoms with van der Waals surface area (Å²) in [6.07, 6.45) is 9.05. The van der Waals surface area contributed by atoms with Gasteiger partial charge in [0.2, 0.25) is 5.95 Å². The Kier molecular flexibility index (Phi) is 4.73. The molecule has 2 heterocycles. The van der Waals surface area contributed by atoms with E-state index in [1.807, 2.05) is 30.3 Å². The monoisotopic (exact) mass is 347 g/mol. The summed E-state index contributed by atoms with van der Waals surface area (Å²) in [5, 5.41) is 7.30. The Bertz CT molecular complexity index is 915. The number of hydrogen-bond donors (Lipinski definition) is 2. The number of anilines is 2. The lowest BCUT2D eigenvalue weighted by Crippen LogP contribution is -2.36. The maximum atomic E-state index is 12.5. The maximum Gasteiger partial charge on any atom is 0.270 e. The van der Waals surface area contributed by atoms with Gasteiger partial charge in [-0.1, -0.05) is 37.5 Å². The van der Waals surface area contributed by atoms with Crippen LogP contribution in [0.25, 0.3) is 10.9 Å². The highest BCUT2D eigenvalue weighted by atomic mass is 16.1. The predicted octanol–water partition coefficient (Wildman–Crippen LogP) is 3.83. The first kappa shape index (κ1) is 16.4. The number of para-hydroxylation sites is 1. The van der Waals surface area contributed by atoms with E-state index in [-0.39, 0.29) is 11.9 Å². The summed E-state index contributed by atoms with van der Waals surface area (Å²) in [5.74, 6) is 0.248. The molecule has 0 bridgehead atoms. The Morgan fingerprint density at radius 3 is 2.69 bits per heavy atom. The van der Waals surface area contributed by atoms with Crippen LogP contribution in [0.5, 0.6) is 0 Å². The molecule has 4 rings (SSSR count). The van der Waals surface area contributed by atoms with Gasteiger partial charge in [-0.3, -0.25) is 9.78 Å². The zero-order valence-corrected chi connectivity index (χ0v) is 14.5. The fourth-order valence-electron chi connectivity index (χ4n) is 3.38. The van der Waals surface area contributed by atoms with E-state index in [4.69, 9.17) is 0 Å². The van der Waals surface area contributed by atoms with E-state index in [0.717, 1.165) is 29.4 Å². The van der Waals surface area contributed by atoms with E-state index in [0.29, 0.717) is 11.6 Å². The van der Waals surface area contributed by atoms with Crippen LogP contribution in [-0.2, 0) is 0 Å². The number of carbonyl (C=O) groups excluding carboxylic acids is 1. The van der Waals surface area contributed by atoms with Crippen LogP contribution in [0.3, 0.4) is 0 Å². The third kappa shape index (κ3) is 3.64. The predicted molar refractivity (Wildman–Crippen MR) is 101 cm³/mol. The normalized spacial score (nSPS) is 14.9. The molecule has 2 aromatic heterocycles. The van der Waals surface area contributed by atoms with Gasteiger partial charge >= 0.3 is 0 Å². The van der Waals surface area contributed by atoms with Crippen LogP contribution >= 0.6 is 0 Å². The molecule has 1 aliphatic carbocycles. The number of hydrogen-bond acceptors (Lipinski definition) is 5. The molecule has 1 aliphatic rings. The smallest absolute Gasteiger partial charge is 0.270 e. The topological polar surface area (TPSA) is 79.8 Å². The van der Waals surface area contributed by atoms with Crippen molar-refractivity contribution in [1.82, 2.24) is 20.3 Å². The molecule has 6 heteroatoms.